The zero-order valence-electron chi connectivity index (χ0n) is 12.2. The third-order valence-electron chi connectivity index (χ3n) is 3.84. The molecule has 1 heterocycles. The summed E-state index contributed by atoms with van der Waals surface area (Å²) >= 11 is 0. The topological polar surface area (TPSA) is 50.4 Å². The first-order valence-electron chi connectivity index (χ1n) is 7.13. The molecule has 106 valence electrons. The van der Waals surface area contributed by atoms with Crippen molar-refractivity contribution in [2.75, 3.05) is 26.2 Å². The third-order valence-corrected chi connectivity index (χ3v) is 3.84. The van der Waals surface area contributed by atoms with Crippen LogP contribution < -0.4 is 10.6 Å². The monoisotopic (exact) mass is 256 g/mol. The van der Waals surface area contributed by atoms with Crippen LogP contribution in [0.3, 0.4) is 0 Å². The number of carbonyl (C=O) groups excluding carboxylic acids is 1. The quantitative estimate of drug-likeness (QED) is 0.758. The highest BCUT2D eigenvalue weighted by Crippen LogP contribution is 2.19. The van der Waals surface area contributed by atoms with E-state index in [0.717, 1.165) is 32.5 Å². The van der Waals surface area contributed by atoms with Crippen LogP contribution >= 0.6 is 0 Å². The predicted molar refractivity (Wildman–Crippen MR) is 73.5 cm³/mol. The van der Waals surface area contributed by atoms with Crippen LogP contribution in [-0.4, -0.2) is 37.7 Å². The number of morpholine rings is 1. The second-order valence-electron chi connectivity index (χ2n) is 5.71. The molecule has 1 aliphatic heterocycles. The van der Waals surface area contributed by atoms with Crippen molar-refractivity contribution in [1.82, 2.24) is 10.6 Å². The highest BCUT2D eigenvalue weighted by molar-refractivity contribution is 5.78. The number of amides is 1. The Balaban J connectivity index is 2.49. The maximum atomic E-state index is 12.0. The summed E-state index contributed by atoms with van der Waals surface area (Å²) in [6, 6.07) is 0. The number of hydrogen-bond acceptors (Lipinski definition) is 3. The Morgan fingerprint density at radius 1 is 1.44 bits per heavy atom. The number of hydrogen-bond donors (Lipinski definition) is 2. The molecule has 1 fully saturated rings. The fraction of sp³-hybridized carbons (Fsp3) is 0.929. The molecule has 1 amide bonds. The van der Waals surface area contributed by atoms with Crippen LogP contribution in [0.1, 0.15) is 40.5 Å². The van der Waals surface area contributed by atoms with Crippen molar-refractivity contribution in [3.63, 3.8) is 0 Å². The molecule has 0 spiro atoms. The maximum absolute atomic E-state index is 12.0. The van der Waals surface area contributed by atoms with Crippen LogP contribution in [-0.2, 0) is 9.53 Å². The van der Waals surface area contributed by atoms with Crippen molar-refractivity contribution >= 4 is 5.91 Å². The summed E-state index contributed by atoms with van der Waals surface area (Å²) in [5, 5.41) is 6.42. The van der Waals surface area contributed by atoms with Gasteiger partial charge in [0.1, 0.15) is 0 Å². The number of rotatable bonds is 6. The van der Waals surface area contributed by atoms with E-state index in [1.807, 2.05) is 6.92 Å². The molecule has 4 heteroatoms. The summed E-state index contributed by atoms with van der Waals surface area (Å²) in [7, 11) is 0. The predicted octanol–water partition coefficient (Wildman–Crippen LogP) is 1.55. The second kappa shape index (κ2) is 7.10. The van der Waals surface area contributed by atoms with Gasteiger partial charge in [0.15, 0.2) is 0 Å². The van der Waals surface area contributed by atoms with E-state index in [0.29, 0.717) is 12.5 Å². The molecule has 0 radical (unpaired) electrons. The summed E-state index contributed by atoms with van der Waals surface area (Å²) in [5.74, 6) is 0.562. The minimum atomic E-state index is -0.209. The van der Waals surface area contributed by atoms with Gasteiger partial charge in [-0.2, -0.15) is 0 Å². The summed E-state index contributed by atoms with van der Waals surface area (Å²) in [4.78, 5) is 12.0. The van der Waals surface area contributed by atoms with Crippen molar-refractivity contribution in [2.24, 2.45) is 11.8 Å². The lowest BCUT2D eigenvalue weighted by Crippen LogP contribution is -2.56. The molecule has 0 saturated carbocycles. The van der Waals surface area contributed by atoms with E-state index in [-0.39, 0.29) is 17.4 Å². The lowest BCUT2D eigenvalue weighted by Gasteiger charge is -2.38. The normalized spacial score (nSPS) is 26.1. The van der Waals surface area contributed by atoms with Crippen molar-refractivity contribution < 1.29 is 9.53 Å². The van der Waals surface area contributed by atoms with Gasteiger partial charge < -0.3 is 15.4 Å². The first kappa shape index (κ1) is 15.4. The average molecular weight is 256 g/mol. The third kappa shape index (κ3) is 4.25. The van der Waals surface area contributed by atoms with Gasteiger partial charge in [-0.05, 0) is 12.3 Å². The Morgan fingerprint density at radius 2 is 2.17 bits per heavy atom. The highest BCUT2D eigenvalue weighted by atomic mass is 16.5. The van der Waals surface area contributed by atoms with E-state index in [2.05, 4.69) is 31.4 Å². The Hall–Kier alpha value is -0.610. The number of ether oxygens (including phenoxy) is 1. The molecule has 0 bridgehead atoms. The minimum Gasteiger partial charge on any atom is -0.371 e. The second-order valence-corrected chi connectivity index (χ2v) is 5.71. The molecule has 4 nitrogen and oxygen atoms in total. The fourth-order valence-corrected chi connectivity index (χ4v) is 2.24. The van der Waals surface area contributed by atoms with Crippen LogP contribution in [0, 0.1) is 11.8 Å². The largest absolute Gasteiger partial charge is 0.371 e. The first-order chi connectivity index (χ1) is 8.51. The minimum absolute atomic E-state index is 0.0558. The molecular formula is C14H28N2O2. The molecule has 0 aromatic heterocycles. The fourth-order valence-electron chi connectivity index (χ4n) is 2.24. The van der Waals surface area contributed by atoms with Crippen molar-refractivity contribution in [3.8, 4) is 0 Å². The van der Waals surface area contributed by atoms with Crippen LogP contribution in [0.15, 0.2) is 0 Å². The Labute approximate surface area is 111 Å². The molecule has 1 saturated heterocycles. The summed E-state index contributed by atoms with van der Waals surface area (Å²) in [6.45, 7) is 11.4. The van der Waals surface area contributed by atoms with Crippen LogP contribution in [0.5, 0.6) is 0 Å². The average Bonchev–Trinajstić information content (AvgIpc) is 2.36. The van der Waals surface area contributed by atoms with Gasteiger partial charge in [-0.15, -0.1) is 0 Å². The van der Waals surface area contributed by atoms with Gasteiger partial charge in [0, 0.05) is 25.6 Å². The summed E-state index contributed by atoms with van der Waals surface area (Å²) in [6.07, 6.45) is 2.05. The van der Waals surface area contributed by atoms with Crippen molar-refractivity contribution in [1.29, 1.82) is 0 Å². The zero-order chi connectivity index (χ0) is 13.6. The molecular weight excluding hydrogens is 228 g/mol. The summed E-state index contributed by atoms with van der Waals surface area (Å²) < 4.78 is 5.92. The molecule has 2 N–H and O–H groups in total. The van der Waals surface area contributed by atoms with Crippen LogP contribution in [0.4, 0.5) is 0 Å². The smallest absolute Gasteiger partial charge is 0.223 e. The SMILES string of the molecule is CCCC1(CNC(=O)C(C)C(C)C)CNCCO1. The lowest BCUT2D eigenvalue weighted by molar-refractivity contribution is -0.129. The Morgan fingerprint density at radius 3 is 2.67 bits per heavy atom. The lowest BCUT2D eigenvalue weighted by atomic mass is 9.94. The number of carbonyl (C=O) groups is 1. The van der Waals surface area contributed by atoms with Crippen LogP contribution in [0.2, 0.25) is 0 Å². The van der Waals surface area contributed by atoms with Gasteiger partial charge in [-0.25, -0.2) is 0 Å². The molecule has 0 aliphatic carbocycles. The molecule has 1 rings (SSSR count). The maximum Gasteiger partial charge on any atom is 0.223 e. The van der Waals surface area contributed by atoms with E-state index < -0.39 is 0 Å². The zero-order valence-corrected chi connectivity index (χ0v) is 12.2. The Kier molecular flexibility index (Phi) is 6.09. The van der Waals surface area contributed by atoms with E-state index in [9.17, 15) is 4.79 Å². The van der Waals surface area contributed by atoms with E-state index in [1.165, 1.54) is 0 Å². The molecule has 0 aromatic carbocycles. The van der Waals surface area contributed by atoms with Crippen LogP contribution in [0.25, 0.3) is 0 Å². The van der Waals surface area contributed by atoms with E-state index in [4.69, 9.17) is 4.74 Å². The van der Waals surface area contributed by atoms with Gasteiger partial charge in [-0.1, -0.05) is 34.1 Å². The van der Waals surface area contributed by atoms with Gasteiger partial charge in [0.25, 0.3) is 0 Å². The van der Waals surface area contributed by atoms with Gasteiger partial charge in [0.2, 0.25) is 5.91 Å². The first-order valence-corrected chi connectivity index (χ1v) is 7.13. The molecule has 2 atom stereocenters. The highest BCUT2D eigenvalue weighted by Gasteiger charge is 2.33. The Bertz CT molecular complexity index is 255. The van der Waals surface area contributed by atoms with Crippen molar-refractivity contribution in [2.45, 2.75) is 46.1 Å². The number of nitrogens with one attached hydrogen (secondary N) is 2. The molecule has 18 heavy (non-hydrogen) atoms. The molecule has 2 unspecified atom stereocenters. The van der Waals surface area contributed by atoms with Crippen molar-refractivity contribution in [3.05, 3.63) is 0 Å². The standard InChI is InChI=1S/C14H28N2O2/c1-5-6-14(9-15-7-8-18-14)10-16-13(17)12(4)11(2)3/h11-12,15H,5-10H2,1-4H3,(H,16,17). The summed E-state index contributed by atoms with van der Waals surface area (Å²) in [5.41, 5.74) is -0.209. The molecule has 1 aliphatic rings. The van der Waals surface area contributed by atoms with Gasteiger partial charge in [0.05, 0.1) is 12.2 Å². The molecule has 0 aromatic rings. The van der Waals surface area contributed by atoms with E-state index in [1.54, 1.807) is 0 Å². The van der Waals surface area contributed by atoms with Gasteiger partial charge in [-0.3, -0.25) is 4.79 Å². The van der Waals surface area contributed by atoms with E-state index >= 15 is 0 Å². The van der Waals surface area contributed by atoms with Gasteiger partial charge >= 0.3 is 0 Å².